The van der Waals surface area contributed by atoms with E-state index in [2.05, 4.69) is 63.7 Å². The molecular weight excluding hydrogens is 266 g/mol. The Morgan fingerprint density at radius 2 is 2.20 bits per heavy atom. The molecule has 0 saturated heterocycles. The Balaban J connectivity index is 1.50. The van der Waals surface area contributed by atoms with Crippen molar-refractivity contribution in [2.24, 2.45) is 0 Å². The van der Waals surface area contributed by atoms with Gasteiger partial charge in [-0.1, -0.05) is 18.2 Å². The van der Waals surface area contributed by atoms with E-state index in [9.17, 15) is 0 Å². The number of benzene rings is 1. The minimum Gasteiger partial charge on any atom is -0.347 e. The molecule has 0 amide bonds. The van der Waals surface area contributed by atoms with Crippen molar-refractivity contribution in [1.82, 2.24) is 14.9 Å². The molecule has 0 aliphatic rings. The molecule has 1 atom stereocenters. The lowest BCUT2D eigenvalue weighted by Gasteiger charge is -2.12. The maximum atomic E-state index is 4.34. The maximum Gasteiger partial charge on any atom is 0.0795 e. The summed E-state index contributed by atoms with van der Waals surface area (Å²) in [5.74, 6) is 0. The number of aromatic nitrogens is 2. The molecule has 0 radical (unpaired) electrons. The number of thiazole rings is 1. The topological polar surface area (TPSA) is 29.9 Å². The summed E-state index contributed by atoms with van der Waals surface area (Å²) in [6.45, 7) is 4.22. The molecule has 20 heavy (non-hydrogen) atoms. The van der Waals surface area contributed by atoms with Gasteiger partial charge in [0.15, 0.2) is 0 Å². The number of rotatable bonds is 6. The predicted octanol–water partition coefficient (Wildman–Crippen LogP) is 3.84. The van der Waals surface area contributed by atoms with E-state index in [0.29, 0.717) is 6.04 Å². The lowest BCUT2D eigenvalue weighted by molar-refractivity contribution is 0.525. The molecule has 0 spiro atoms. The molecule has 1 aromatic carbocycles. The highest BCUT2D eigenvalue weighted by atomic mass is 32.1. The fraction of sp³-hybridized carbons (Fsp3) is 0.312. The number of para-hydroxylation sites is 1. The molecule has 104 valence electrons. The first-order valence-electron chi connectivity index (χ1n) is 7.00. The maximum absolute atomic E-state index is 4.34. The molecule has 2 heterocycles. The number of aryl methyl sites for hydroxylation is 1. The van der Waals surface area contributed by atoms with Crippen molar-refractivity contribution in [3.63, 3.8) is 0 Å². The van der Waals surface area contributed by atoms with E-state index >= 15 is 0 Å². The first-order chi connectivity index (χ1) is 9.84. The van der Waals surface area contributed by atoms with Crippen LogP contribution in [0.3, 0.4) is 0 Å². The Labute approximate surface area is 123 Å². The molecule has 3 nitrogen and oxygen atoms in total. The first-order valence-corrected chi connectivity index (χ1v) is 7.94. The predicted molar refractivity (Wildman–Crippen MR) is 85.1 cm³/mol. The van der Waals surface area contributed by atoms with Crippen molar-refractivity contribution < 1.29 is 0 Å². The molecule has 1 N–H and O–H groups in total. The highest BCUT2D eigenvalue weighted by Gasteiger charge is 2.06. The second-order valence-electron chi connectivity index (χ2n) is 5.01. The van der Waals surface area contributed by atoms with Gasteiger partial charge in [0.25, 0.3) is 0 Å². The summed E-state index contributed by atoms with van der Waals surface area (Å²) < 4.78 is 2.32. The second kappa shape index (κ2) is 6.20. The van der Waals surface area contributed by atoms with Crippen LogP contribution in [0.2, 0.25) is 0 Å². The number of hydrogen-bond donors (Lipinski definition) is 1. The van der Waals surface area contributed by atoms with Gasteiger partial charge in [0.05, 0.1) is 11.2 Å². The van der Waals surface area contributed by atoms with Gasteiger partial charge in [-0.15, -0.1) is 11.3 Å². The van der Waals surface area contributed by atoms with E-state index < -0.39 is 0 Å². The van der Waals surface area contributed by atoms with Gasteiger partial charge >= 0.3 is 0 Å². The molecule has 0 fully saturated rings. The Hall–Kier alpha value is -1.65. The van der Waals surface area contributed by atoms with Crippen LogP contribution in [-0.4, -0.2) is 16.1 Å². The van der Waals surface area contributed by atoms with Gasteiger partial charge in [-0.2, -0.15) is 0 Å². The van der Waals surface area contributed by atoms with E-state index in [0.717, 1.165) is 25.2 Å². The summed E-state index contributed by atoms with van der Waals surface area (Å²) in [5.41, 5.74) is 4.35. The van der Waals surface area contributed by atoms with Crippen LogP contribution in [0.25, 0.3) is 10.9 Å². The van der Waals surface area contributed by atoms with Gasteiger partial charge in [-0.3, -0.25) is 0 Å². The van der Waals surface area contributed by atoms with E-state index in [4.69, 9.17) is 0 Å². The van der Waals surface area contributed by atoms with Crippen LogP contribution >= 0.6 is 11.3 Å². The minimum atomic E-state index is 0.336. The summed E-state index contributed by atoms with van der Waals surface area (Å²) in [4.78, 5) is 4.34. The van der Waals surface area contributed by atoms with Crippen molar-refractivity contribution in [2.75, 3.05) is 6.54 Å². The van der Waals surface area contributed by atoms with Gasteiger partial charge in [0, 0.05) is 29.7 Å². The van der Waals surface area contributed by atoms with Crippen LogP contribution in [0, 0.1) is 0 Å². The largest absolute Gasteiger partial charge is 0.347 e. The number of nitrogens with zero attached hydrogens (tertiary/aromatic N) is 2. The Morgan fingerprint density at radius 1 is 1.30 bits per heavy atom. The minimum absolute atomic E-state index is 0.336. The number of fused-ring (bicyclic) bond motifs is 1. The van der Waals surface area contributed by atoms with E-state index in [1.54, 1.807) is 11.3 Å². The first kappa shape index (κ1) is 13.3. The molecule has 0 bridgehead atoms. The smallest absolute Gasteiger partial charge is 0.0795 e. The highest BCUT2D eigenvalue weighted by Crippen LogP contribution is 2.15. The summed E-state index contributed by atoms with van der Waals surface area (Å²) in [5, 5.41) is 6.95. The highest BCUT2D eigenvalue weighted by molar-refractivity contribution is 7.07. The van der Waals surface area contributed by atoms with Crippen LogP contribution in [0.5, 0.6) is 0 Å². The van der Waals surface area contributed by atoms with Crippen LogP contribution in [0.4, 0.5) is 0 Å². The number of hydrogen-bond acceptors (Lipinski definition) is 3. The number of nitrogens with one attached hydrogen (secondary N) is 1. The monoisotopic (exact) mass is 285 g/mol. The summed E-state index contributed by atoms with van der Waals surface area (Å²) in [7, 11) is 0. The third-order valence-corrected chi connectivity index (χ3v) is 4.21. The Kier molecular flexibility index (Phi) is 4.14. The van der Waals surface area contributed by atoms with Crippen molar-refractivity contribution in [2.45, 2.75) is 25.9 Å². The molecule has 2 aromatic heterocycles. The summed E-state index contributed by atoms with van der Waals surface area (Å²) in [6, 6.07) is 11.0. The zero-order chi connectivity index (χ0) is 13.8. The molecule has 0 aliphatic heterocycles. The van der Waals surface area contributed by atoms with E-state index in [1.807, 2.05) is 5.51 Å². The van der Waals surface area contributed by atoms with Crippen molar-refractivity contribution in [1.29, 1.82) is 0 Å². The van der Waals surface area contributed by atoms with Crippen LogP contribution in [0.1, 0.15) is 25.1 Å². The van der Waals surface area contributed by atoms with Crippen molar-refractivity contribution in [3.8, 4) is 0 Å². The lowest BCUT2D eigenvalue weighted by Crippen LogP contribution is -2.21. The van der Waals surface area contributed by atoms with Gasteiger partial charge in [-0.25, -0.2) is 4.98 Å². The third-order valence-electron chi connectivity index (χ3n) is 3.60. The normalized spacial score (nSPS) is 12.8. The summed E-state index contributed by atoms with van der Waals surface area (Å²) in [6.07, 6.45) is 3.29. The fourth-order valence-electron chi connectivity index (χ4n) is 2.44. The van der Waals surface area contributed by atoms with Crippen molar-refractivity contribution in [3.05, 3.63) is 53.1 Å². The molecule has 3 aromatic rings. The molecule has 3 rings (SSSR count). The van der Waals surface area contributed by atoms with Crippen LogP contribution in [-0.2, 0) is 6.54 Å². The second-order valence-corrected chi connectivity index (χ2v) is 5.73. The quantitative estimate of drug-likeness (QED) is 0.697. The zero-order valence-electron chi connectivity index (χ0n) is 11.6. The van der Waals surface area contributed by atoms with Gasteiger partial charge in [0.2, 0.25) is 0 Å². The van der Waals surface area contributed by atoms with E-state index in [-0.39, 0.29) is 0 Å². The lowest BCUT2D eigenvalue weighted by atomic mass is 10.2. The van der Waals surface area contributed by atoms with Gasteiger partial charge < -0.3 is 9.88 Å². The molecule has 0 saturated carbocycles. The molecule has 0 aliphatic carbocycles. The Morgan fingerprint density at radius 3 is 3.05 bits per heavy atom. The Bertz CT molecular complexity index is 657. The van der Waals surface area contributed by atoms with Crippen molar-refractivity contribution >= 4 is 22.2 Å². The molecule has 4 heteroatoms. The van der Waals surface area contributed by atoms with Crippen LogP contribution in [0.15, 0.2) is 47.4 Å². The fourth-order valence-corrected chi connectivity index (χ4v) is 3.09. The van der Waals surface area contributed by atoms with E-state index in [1.165, 1.54) is 10.9 Å². The van der Waals surface area contributed by atoms with Gasteiger partial charge in [0.1, 0.15) is 0 Å². The average Bonchev–Trinajstić information content (AvgIpc) is 3.13. The third kappa shape index (κ3) is 2.92. The van der Waals surface area contributed by atoms with Gasteiger partial charge in [-0.05, 0) is 37.4 Å². The molecule has 1 unspecified atom stereocenters. The SMILES string of the molecule is CC(NCCCn1ccc2ccccc21)c1cscn1. The average molecular weight is 285 g/mol. The molecular formula is C16H19N3S. The standard InChI is InChI=1S/C16H19N3S/c1-13(15-11-20-12-18-15)17-8-4-9-19-10-7-14-5-2-3-6-16(14)19/h2-3,5-7,10-13,17H,4,8-9H2,1H3. The zero-order valence-corrected chi connectivity index (χ0v) is 12.4. The van der Waals surface area contributed by atoms with Crippen LogP contribution < -0.4 is 5.32 Å². The summed E-state index contributed by atoms with van der Waals surface area (Å²) >= 11 is 1.65.